The molecule has 1 N–H and O–H groups in total. The number of halogens is 2. The summed E-state index contributed by atoms with van der Waals surface area (Å²) >= 11 is 5.84. The highest BCUT2D eigenvalue weighted by Crippen LogP contribution is 2.22. The van der Waals surface area contributed by atoms with Crippen molar-refractivity contribution in [1.29, 1.82) is 0 Å². The second kappa shape index (κ2) is 6.37. The van der Waals surface area contributed by atoms with Crippen LogP contribution in [0.1, 0.15) is 29.9 Å². The van der Waals surface area contributed by atoms with Gasteiger partial charge in [0.25, 0.3) is 0 Å². The molecule has 0 aliphatic carbocycles. The first-order valence-corrected chi connectivity index (χ1v) is 7.08. The first-order valence-electron chi connectivity index (χ1n) is 6.70. The van der Waals surface area contributed by atoms with Gasteiger partial charge in [0.1, 0.15) is 5.82 Å². The van der Waals surface area contributed by atoms with Crippen molar-refractivity contribution in [2.75, 3.05) is 7.05 Å². The van der Waals surface area contributed by atoms with E-state index in [0.717, 1.165) is 29.9 Å². The average Bonchev–Trinajstić information content (AvgIpc) is 2.81. The Bertz CT molecular complexity index is 595. The number of aromatic nitrogens is 2. The quantitative estimate of drug-likeness (QED) is 0.915. The van der Waals surface area contributed by atoms with E-state index in [0.29, 0.717) is 0 Å². The number of likely N-dealkylation sites (N-methyl/N-ethyl adjacent to an activating group) is 1. The van der Waals surface area contributed by atoms with E-state index in [-0.39, 0.29) is 16.9 Å². The van der Waals surface area contributed by atoms with Crippen LogP contribution in [0.2, 0.25) is 5.02 Å². The van der Waals surface area contributed by atoms with Gasteiger partial charge in [-0.15, -0.1) is 0 Å². The number of hydrogen-bond donors (Lipinski definition) is 1. The van der Waals surface area contributed by atoms with Crippen molar-refractivity contribution in [2.45, 2.75) is 32.9 Å². The van der Waals surface area contributed by atoms with Crippen LogP contribution in [-0.2, 0) is 13.0 Å². The summed E-state index contributed by atoms with van der Waals surface area (Å²) in [6.45, 7) is 4.88. The molecule has 0 fully saturated rings. The summed E-state index contributed by atoms with van der Waals surface area (Å²) in [6.07, 6.45) is 0.738. The van der Waals surface area contributed by atoms with E-state index in [9.17, 15) is 4.39 Å². The summed E-state index contributed by atoms with van der Waals surface area (Å²) in [4.78, 5) is 0. The molecule has 0 aliphatic rings. The molecule has 0 saturated heterocycles. The lowest BCUT2D eigenvalue weighted by Crippen LogP contribution is -2.22. The number of nitrogens with zero attached hydrogens (tertiary/aromatic N) is 2. The molecule has 1 atom stereocenters. The maximum Gasteiger partial charge on any atom is 0.141 e. The van der Waals surface area contributed by atoms with E-state index in [4.69, 9.17) is 11.6 Å². The zero-order valence-corrected chi connectivity index (χ0v) is 12.7. The SMILES string of the molecule is CCn1nc(C)cc1C(Cc1ccc(F)c(Cl)c1)NC. The largest absolute Gasteiger partial charge is 0.311 e. The maximum atomic E-state index is 13.2. The molecule has 0 amide bonds. The zero-order chi connectivity index (χ0) is 14.7. The standard InChI is InChI=1S/C15H19ClFN3/c1-4-20-15(7-10(2)19-20)14(18-3)9-11-5-6-13(17)12(16)8-11/h5-8,14,18H,4,9H2,1-3H3. The Labute approximate surface area is 123 Å². The molecule has 0 aliphatic heterocycles. The molecule has 2 rings (SSSR count). The van der Waals surface area contributed by atoms with Gasteiger partial charge in [0.15, 0.2) is 0 Å². The van der Waals surface area contributed by atoms with Crippen molar-refractivity contribution < 1.29 is 4.39 Å². The normalized spacial score (nSPS) is 12.7. The third kappa shape index (κ3) is 3.19. The summed E-state index contributed by atoms with van der Waals surface area (Å²) in [5, 5.41) is 7.92. The Morgan fingerprint density at radius 2 is 2.15 bits per heavy atom. The first-order chi connectivity index (χ1) is 9.55. The van der Waals surface area contributed by atoms with Gasteiger partial charge in [0.2, 0.25) is 0 Å². The molecule has 5 heteroatoms. The molecule has 1 aromatic carbocycles. The summed E-state index contributed by atoms with van der Waals surface area (Å²) in [5.74, 6) is -0.383. The van der Waals surface area contributed by atoms with Crippen LogP contribution in [0.25, 0.3) is 0 Å². The van der Waals surface area contributed by atoms with Gasteiger partial charge in [-0.1, -0.05) is 17.7 Å². The van der Waals surface area contributed by atoms with Gasteiger partial charge in [-0.25, -0.2) is 4.39 Å². The fourth-order valence-electron chi connectivity index (χ4n) is 2.36. The average molecular weight is 296 g/mol. The van der Waals surface area contributed by atoms with Crippen LogP contribution in [0, 0.1) is 12.7 Å². The fourth-order valence-corrected chi connectivity index (χ4v) is 2.56. The second-order valence-corrected chi connectivity index (χ2v) is 5.23. The van der Waals surface area contributed by atoms with Gasteiger partial charge >= 0.3 is 0 Å². The molecule has 1 aromatic heterocycles. The lowest BCUT2D eigenvalue weighted by molar-refractivity contribution is 0.512. The number of hydrogen-bond acceptors (Lipinski definition) is 2. The van der Waals surface area contributed by atoms with E-state index in [1.807, 2.05) is 18.7 Å². The smallest absolute Gasteiger partial charge is 0.141 e. The van der Waals surface area contributed by atoms with Crippen molar-refractivity contribution in [2.24, 2.45) is 0 Å². The summed E-state index contributed by atoms with van der Waals surface area (Å²) in [5.41, 5.74) is 3.13. The number of nitrogens with one attached hydrogen (secondary N) is 1. The molecular formula is C15H19ClFN3. The fraction of sp³-hybridized carbons (Fsp3) is 0.400. The highest BCUT2D eigenvalue weighted by atomic mass is 35.5. The first kappa shape index (κ1) is 15.0. The van der Waals surface area contributed by atoms with Crippen LogP contribution in [-0.4, -0.2) is 16.8 Å². The number of aryl methyl sites for hydroxylation is 2. The van der Waals surface area contributed by atoms with Crippen LogP contribution >= 0.6 is 11.6 Å². The minimum absolute atomic E-state index is 0.123. The van der Waals surface area contributed by atoms with E-state index in [1.165, 1.54) is 6.07 Å². The lowest BCUT2D eigenvalue weighted by Gasteiger charge is -2.17. The van der Waals surface area contributed by atoms with Crippen LogP contribution in [0.3, 0.4) is 0 Å². The summed E-state index contributed by atoms with van der Waals surface area (Å²) in [7, 11) is 1.91. The minimum Gasteiger partial charge on any atom is -0.311 e. The van der Waals surface area contributed by atoms with E-state index in [1.54, 1.807) is 12.1 Å². The van der Waals surface area contributed by atoms with Crippen molar-refractivity contribution in [3.05, 3.63) is 52.1 Å². The van der Waals surface area contributed by atoms with E-state index in [2.05, 4.69) is 23.4 Å². The molecule has 1 unspecified atom stereocenters. The van der Waals surface area contributed by atoms with Gasteiger partial charge < -0.3 is 5.32 Å². The lowest BCUT2D eigenvalue weighted by atomic mass is 10.0. The molecule has 20 heavy (non-hydrogen) atoms. The molecular weight excluding hydrogens is 277 g/mol. The van der Waals surface area contributed by atoms with Gasteiger partial charge in [0.05, 0.1) is 22.5 Å². The predicted octanol–water partition coefficient (Wildman–Crippen LogP) is 3.51. The van der Waals surface area contributed by atoms with Gasteiger partial charge in [0, 0.05) is 6.54 Å². The van der Waals surface area contributed by atoms with Gasteiger partial charge in [-0.05, 0) is 51.1 Å². The topological polar surface area (TPSA) is 29.9 Å². The van der Waals surface area contributed by atoms with Crippen LogP contribution < -0.4 is 5.32 Å². The van der Waals surface area contributed by atoms with Crippen molar-refractivity contribution in [1.82, 2.24) is 15.1 Å². The molecule has 0 bridgehead atoms. The molecule has 0 saturated carbocycles. The monoisotopic (exact) mass is 295 g/mol. The summed E-state index contributed by atoms with van der Waals surface area (Å²) in [6, 6.07) is 7.06. The van der Waals surface area contributed by atoms with Crippen LogP contribution in [0.4, 0.5) is 4.39 Å². The predicted molar refractivity (Wildman–Crippen MR) is 79.6 cm³/mol. The maximum absolute atomic E-state index is 13.2. The molecule has 0 spiro atoms. The van der Waals surface area contributed by atoms with E-state index < -0.39 is 0 Å². The van der Waals surface area contributed by atoms with Crippen LogP contribution in [0.15, 0.2) is 24.3 Å². The Kier molecular flexibility index (Phi) is 4.78. The third-order valence-electron chi connectivity index (χ3n) is 3.36. The minimum atomic E-state index is -0.383. The Hall–Kier alpha value is -1.39. The van der Waals surface area contributed by atoms with E-state index >= 15 is 0 Å². The molecule has 0 radical (unpaired) electrons. The zero-order valence-electron chi connectivity index (χ0n) is 12.0. The molecule has 2 aromatic rings. The highest BCUT2D eigenvalue weighted by molar-refractivity contribution is 6.30. The van der Waals surface area contributed by atoms with Crippen molar-refractivity contribution >= 4 is 11.6 Å². The van der Waals surface area contributed by atoms with Crippen molar-refractivity contribution in [3.8, 4) is 0 Å². The highest BCUT2D eigenvalue weighted by Gasteiger charge is 2.16. The Balaban J connectivity index is 2.26. The molecule has 3 nitrogen and oxygen atoms in total. The third-order valence-corrected chi connectivity index (χ3v) is 3.65. The van der Waals surface area contributed by atoms with Gasteiger partial charge in [-0.2, -0.15) is 5.10 Å². The number of benzene rings is 1. The summed E-state index contributed by atoms with van der Waals surface area (Å²) < 4.78 is 15.2. The van der Waals surface area contributed by atoms with Crippen LogP contribution in [0.5, 0.6) is 0 Å². The second-order valence-electron chi connectivity index (χ2n) is 4.82. The number of rotatable bonds is 5. The molecule has 108 valence electrons. The Morgan fingerprint density at radius 1 is 1.40 bits per heavy atom. The van der Waals surface area contributed by atoms with Gasteiger partial charge in [-0.3, -0.25) is 4.68 Å². The van der Waals surface area contributed by atoms with Crippen molar-refractivity contribution in [3.63, 3.8) is 0 Å². The molecule has 1 heterocycles. The Morgan fingerprint density at radius 3 is 2.75 bits per heavy atom.